The first-order valence-electron chi connectivity index (χ1n) is 8.66. The van der Waals surface area contributed by atoms with E-state index in [-0.39, 0.29) is 11.4 Å². The van der Waals surface area contributed by atoms with Crippen LogP contribution in [0.5, 0.6) is 0 Å². The van der Waals surface area contributed by atoms with E-state index in [2.05, 4.69) is 21.2 Å². The van der Waals surface area contributed by atoms with Crippen LogP contribution < -0.4 is 9.62 Å². The van der Waals surface area contributed by atoms with Gasteiger partial charge in [-0.25, -0.2) is 8.42 Å². The van der Waals surface area contributed by atoms with Crippen molar-refractivity contribution in [2.75, 3.05) is 16.2 Å². The van der Waals surface area contributed by atoms with Crippen molar-refractivity contribution in [3.8, 4) is 0 Å². The topological polar surface area (TPSA) is 66.5 Å². The summed E-state index contributed by atoms with van der Waals surface area (Å²) >= 11 is 9.24. The summed E-state index contributed by atoms with van der Waals surface area (Å²) in [6, 6.07) is 19.9. The van der Waals surface area contributed by atoms with Crippen molar-refractivity contribution in [1.82, 2.24) is 0 Å². The number of halogens is 2. The molecule has 0 aromatic heterocycles. The molecular weight excluding hydrogens is 476 g/mol. The molecule has 0 aliphatic heterocycles. The van der Waals surface area contributed by atoms with Gasteiger partial charge >= 0.3 is 0 Å². The minimum absolute atomic E-state index is 0.0543. The van der Waals surface area contributed by atoms with E-state index in [1.807, 2.05) is 19.1 Å². The standard InChI is InChI=1S/C21H18BrClN2O3S/c1-15-4-2-7-19(12-15)25(29(27,28)20-10-8-17(23)9-11-20)14-21(26)24-18-6-3-5-16(22)13-18/h2-13H,14H2,1H3,(H,24,26). The summed E-state index contributed by atoms with van der Waals surface area (Å²) in [4.78, 5) is 12.7. The molecule has 29 heavy (non-hydrogen) atoms. The summed E-state index contributed by atoms with van der Waals surface area (Å²) in [5.41, 5.74) is 1.85. The summed E-state index contributed by atoms with van der Waals surface area (Å²) < 4.78 is 28.5. The number of aryl methyl sites for hydroxylation is 1. The Hall–Kier alpha value is -2.35. The van der Waals surface area contributed by atoms with Crippen LogP contribution in [0, 0.1) is 6.92 Å². The number of hydrogen-bond donors (Lipinski definition) is 1. The Morgan fingerprint density at radius 3 is 2.38 bits per heavy atom. The number of amides is 1. The fourth-order valence-electron chi connectivity index (χ4n) is 2.73. The van der Waals surface area contributed by atoms with Crippen molar-refractivity contribution < 1.29 is 13.2 Å². The summed E-state index contributed by atoms with van der Waals surface area (Å²) in [6.07, 6.45) is 0. The smallest absolute Gasteiger partial charge is 0.264 e. The number of carbonyl (C=O) groups is 1. The van der Waals surface area contributed by atoms with Crippen LogP contribution >= 0.6 is 27.5 Å². The molecule has 0 fully saturated rings. The molecule has 1 N–H and O–H groups in total. The van der Waals surface area contributed by atoms with E-state index >= 15 is 0 Å². The molecule has 5 nitrogen and oxygen atoms in total. The van der Waals surface area contributed by atoms with Gasteiger partial charge in [0.15, 0.2) is 0 Å². The number of hydrogen-bond acceptors (Lipinski definition) is 3. The maximum atomic E-state index is 13.3. The third-order valence-corrected chi connectivity index (χ3v) is 6.62. The largest absolute Gasteiger partial charge is 0.324 e. The molecule has 3 aromatic carbocycles. The lowest BCUT2D eigenvalue weighted by molar-refractivity contribution is -0.114. The molecule has 150 valence electrons. The Bertz CT molecular complexity index is 1130. The number of nitrogens with zero attached hydrogens (tertiary/aromatic N) is 1. The zero-order chi connectivity index (χ0) is 21.0. The number of rotatable bonds is 6. The number of carbonyl (C=O) groups excluding carboxylic acids is 1. The van der Waals surface area contributed by atoms with Crippen LogP contribution in [0.1, 0.15) is 5.56 Å². The molecule has 3 aromatic rings. The number of anilines is 2. The summed E-state index contributed by atoms with van der Waals surface area (Å²) in [6.45, 7) is 1.49. The van der Waals surface area contributed by atoms with Crippen molar-refractivity contribution >= 4 is 54.8 Å². The van der Waals surface area contributed by atoms with Gasteiger partial charge in [0.05, 0.1) is 10.6 Å². The Labute approximate surface area is 183 Å². The van der Waals surface area contributed by atoms with Gasteiger partial charge < -0.3 is 5.32 Å². The highest BCUT2D eigenvalue weighted by atomic mass is 79.9. The van der Waals surface area contributed by atoms with Crippen molar-refractivity contribution in [2.45, 2.75) is 11.8 Å². The summed E-state index contributed by atoms with van der Waals surface area (Å²) in [5, 5.41) is 3.16. The molecule has 8 heteroatoms. The average Bonchev–Trinajstić information content (AvgIpc) is 2.66. The molecule has 0 unspecified atom stereocenters. The van der Waals surface area contributed by atoms with E-state index in [1.54, 1.807) is 36.4 Å². The molecule has 0 radical (unpaired) electrons. The van der Waals surface area contributed by atoms with Crippen LogP contribution in [0.2, 0.25) is 5.02 Å². The molecule has 3 rings (SSSR count). The molecule has 0 saturated carbocycles. The second-order valence-electron chi connectivity index (χ2n) is 6.36. The minimum Gasteiger partial charge on any atom is -0.324 e. The molecule has 0 heterocycles. The number of benzene rings is 3. The van der Waals surface area contributed by atoms with Gasteiger partial charge in [0.1, 0.15) is 6.54 Å². The molecule has 0 aliphatic carbocycles. The van der Waals surface area contributed by atoms with Crippen LogP contribution in [-0.2, 0) is 14.8 Å². The van der Waals surface area contributed by atoms with Crippen LogP contribution in [-0.4, -0.2) is 20.9 Å². The van der Waals surface area contributed by atoms with Crippen LogP contribution in [0.15, 0.2) is 82.2 Å². The van der Waals surface area contributed by atoms with Gasteiger partial charge in [0.2, 0.25) is 5.91 Å². The third kappa shape index (κ3) is 5.38. The van der Waals surface area contributed by atoms with Gasteiger partial charge in [-0.1, -0.05) is 45.7 Å². The number of nitrogens with one attached hydrogen (secondary N) is 1. The highest BCUT2D eigenvalue weighted by Gasteiger charge is 2.27. The Balaban J connectivity index is 1.95. The lowest BCUT2D eigenvalue weighted by atomic mass is 10.2. The molecule has 1 amide bonds. The Morgan fingerprint density at radius 1 is 1.03 bits per heavy atom. The van der Waals surface area contributed by atoms with E-state index in [1.165, 1.54) is 24.3 Å². The Morgan fingerprint density at radius 2 is 1.72 bits per heavy atom. The fourth-order valence-corrected chi connectivity index (χ4v) is 4.67. The quantitative estimate of drug-likeness (QED) is 0.510. The first-order valence-corrected chi connectivity index (χ1v) is 11.3. The molecule has 0 saturated heterocycles. The molecule has 0 aliphatic rings. The van der Waals surface area contributed by atoms with Gasteiger partial charge in [-0.15, -0.1) is 0 Å². The average molecular weight is 494 g/mol. The second-order valence-corrected chi connectivity index (χ2v) is 9.58. The van der Waals surface area contributed by atoms with Gasteiger partial charge in [-0.2, -0.15) is 0 Å². The number of sulfonamides is 1. The molecule has 0 bridgehead atoms. The first-order chi connectivity index (χ1) is 13.8. The normalized spacial score (nSPS) is 11.1. The second kappa shape index (κ2) is 8.98. The third-order valence-electron chi connectivity index (χ3n) is 4.09. The van der Waals surface area contributed by atoms with Gasteiger partial charge in [0.25, 0.3) is 10.0 Å². The maximum Gasteiger partial charge on any atom is 0.264 e. The Kier molecular flexibility index (Phi) is 6.62. The highest BCUT2D eigenvalue weighted by molar-refractivity contribution is 9.10. The van der Waals surface area contributed by atoms with E-state index < -0.39 is 15.9 Å². The van der Waals surface area contributed by atoms with Crippen molar-refractivity contribution in [3.63, 3.8) is 0 Å². The molecule has 0 spiro atoms. The minimum atomic E-state index is -3.98. The van der Waals surface area contributed by atoms with Gasteiger partial charge in [0, 0.05) is 15.2 Å². The maximum absolute atomic E-state index is 13.3. The SMILES string of the molecule is Cc1cccc(N(CC(=O)Nc2cccc(Br)c2)S(=O)(=O)c2ccc(Cl)cc2)c1. The van der Waals surface area contributed by atoms with E-state index in [0.29, 0.717) is 16.4 Å². The molecule has 0 atom stereocenters. The van der Waals surface area contributed by atoms with Crippen LogP contribution in [0.4, 0.5) is 11.4 Å². The van der Waals surface area contributed by atoms with Crippen molar-refractivity contribution in [2.24, 2.45) is 0 Å². The molecular formula is C21H18BrClN2O3S. The predicted molar refractivity (Wildman–Crippen MR) is 120 cm³/mol. The first kappa shape index (κ1) is 21.4. The highest BCUT2D eigenvalue weighted by Crippen LogP contribution is 2.26. The van der Waals surface area contributed by atoms with Crippen molar-refractivity contribution in [1.29, 1.82) is 0 Å². The van der Waals surface area contributed by atoms with Crippen LogP contribution in [0.3, 0.4) is 0 Å². The van der Waals surface area contributed by atoms with Gasteiger partial charge in [-0.05, 0) is 67.1 Å². The van der Waals surface area contributed by atoms with Crippen molar-refractivity contribution in [3.05, 3.63) is 87.9 Å². The van der Waals surface area contributed by atoms with E-state index in [0.717, 1.165) is 14.3 Å². The zero-order valence-corrected chi connectivity index (χ0v) is 18.6. The lowest BCUT2D eigenvalue weighted by Gasteiger charge is -2.24. The zero-order valence-electron chi connectivity index (χ0n) is 15.5. The summed E-state index contributed by atoms with van der Waals surface area (Å²) in [7, 11) is -3.98. The van der Waals surface area contributed by atoms with Crippen LogP contribution in [0.25, 0.3) is 0 Å². The monoisotopic (exact) mass is 492 g/mol. The van der Waals surface area contributed by atoms with E-state index in [4.69, 9.17) is 11.6 Å². The lowest BCUT2D eigenvalue weighted by Crippen LogP contribution is -2.38. The predicted octanol–water partition coefficient (Wildman–Crippen LogP) is 5.24. The fraction of sp³-hybridized carbons (Fsp3) is 0.0952. The van der Waals surface area contributed by atoms with Gasteiger partial charge in [-0.3, -0.25) is 9.10 Å². The van der Waals surface area contributed by atoms with E-state index in [9.17, 15) is 13.2 Å². The summed E-state index contributed by atoms with van der Waals surface area (Å²) in [5.74, 6) is -0.456.